The minimum Gasteiger partial charge on any atom is -0.391 e. The Labute approximate surface area is 233 Å². The number of aliphatic hydroxyl groups excluding tert-OH is 1. The van der Waals surface area contributed by atoms with E-state index in [0.717, 1.165) is 22.0 Å². The Hall–Kier alpha value is -4.43. The van der Waals surface area contributed by atoms with Crippen molar-refractivity contribution in [3.63, 3.8) is 0 Å². The monoisotopic (exact) mass is 538 g/mol. The summed E-state index contributed by atoms with van der Waals surface area (Å²) < 4.78 is 1.88. The molecule has 3 amide bonds. The predicted molar refractivity (Wildman–Crippen MR) is 153 cm³/mol. The van der Waals surface area contributed by atoms with Crippen LogP contribution in [-0.2, 0) is 29.6 Å². The molecule has 1 saturated heterocycles. The number of benzene rings is 3. The van der Waals surface area contributed by atoms with Gasteiger partial charge in [-0.2, -0.15) is 0 Å². The minimum absolute atomic E-state index is 0.0470. The van der Waals surface area contributed by atoms with Gasteiger partial charge in [-0.05, 0) is 17.2 Å². The summed E-state index contributed by atoms with van der Waals surface area (Å²) in [6.07, 6.45) is 1.33. The first-order valence-corrected chi connectivity index (χ1v) is 13.5. The van der Waals surface area contributed by atoms with Gasteiger partial charge in [0.15, 0.2) is 0 Å². The maximum Gasteiger partial charge on any atom is 0.256 e. The average Bonchev–Trinajstić information content (AvgIpc) is 3.53. The van der Waals surface area contributed by atoms with Gasteiger partial charge >= 0.3 is 0 Å². The fourth-order valence-corrected chi connectivity index (χ4v) is 5.47. The molecule has 1 aliphatic rings. The number of carbonyl (C=O) groups excluding carboxylic acids is 3. The number of hydrogen-bond donors (Lipinski definition) is 2. The fraction of sp³-hybridized carbons (Fsp3) is 0.281. The number of nitrogens with zero attached hydrogens (tertiary/aromatic N) is 3. The quantitative estimate of drug-likeness (QED) is 0.360. The Bertz CT molecular complexity index is 1500. The van der Waals surface area contributed by atoms with E-state index in [0.29, 0.717) is 18.5 Å². The van der Waals surface area contributed by atoms with Crippen LogP contribution in [0.25, 0.3) is 10.9 Å². The molecule has 206 valence electrons. The molecule has 3 atom stereocenters. The first-order valence-electron chi connectivity index (χ1n) is 13.5. The highest BCUT2D eigenvalue weighted by Gasteiger charge is 2.41. The van der Waals surface area contributed by atoms with Crippen LogP contribution in [0.3, 0.4) is 0 Å². The molecule has 0 spiro atoms. The third-order valence-corrected chi connectivity index (χ3v) is 7.51. The summed E-state index contributed by atoms with van der Waals surface area (Å²) in [6.45, 7) is 0.444. The van der Waals surface area contributed by atoms with E-state index >= 15 is 0 Å². The lowest BCUT2D eigenvalue weighted by atomic mass is 10.0. The zero-order valence-electron chi connectivity index (χ0n) is 22.7. The van der Waals surface area contributed by atoms with Crippen LogP contribution in [0.15, 0.2) is 91.1 Å². The van der Waals surface area contributed by atoms with E-state index in [4.69, 9.17) is 0 Å². The van der Waals surface area contributed by atoms with E-state index in [1.54, 1.807) is 18.1 Å². The van der Waals surface area contributed by atoms with Crippen molar-refractivity contribution in [2.45, 2.75) is 37.6 Å². The highest BCUT2D eigenvalue weighted by Crippen LogP contribution is 2.26. The molecule has 0 aliphatic carbocycles. The van der Waals surface area contributed by atoms with Crippen molar-refractivity contribution in [2.24, 2.45) is 7.05 Å². The van der Waals surface area contributed by atoms with Gasteiger partial charge in [-0.3, -0.25) is 14.4 Å². The number of likely N-dealkylation sites (N-methyl/N-ethyl adjacent to an activating group) is 1. The summed E-state index contributed by atoms with van der Waals surface area (Å²) in [7, 11) is 3.59. The standard InChI is InChI=1S/C32H34N4O4/c1-34-21-26(25-15-9-10-16-28(25)34)31(39)36-20-24(37)18-29(36)30(38)33-27(17-22-11-5-3-6-12-22)32(40)35(2)19-23-13-7-4-8-14-23/h3-16,21,24,27,29,37H,17-20H2,1-2H3,(H,33,38). The van der Waals surface area contributed by atoms with Crippen LogP contribution in [0.4, 0.5) is 0 Å². The number of amides is 3. The van der Waals surface area contributed by atoms with Crippen LogP contribution in [0.2, 0.25) is 0 Å². The van der Waals surface area contributed by atoms with Crippen molar-refractivity contribution in [1.29, 1.82) is 0 Å². The molecule has 1 aliphatic heterocycles. The van der Waals surface area contributed by atoms with Crippen LogP contribution in [0, 0.1) is 0 Å². The highest BCUT2D eigenvalue weighted by molar-refractivity contribution is 6.08. The van der Waals surface area contributed by atoms with Gasteiger partial charge in [-0.15, -0.1) is 0 Å². The van der Waals surface area contributed by atoms with Gasteiger partial charge in [0.1, 0.15) is 12.1 Å². The summed E-state index contributed by atoms with van der Waals surface area (Å²) in [5.74, 6) is -1.00. The molecule has 8 heteroatoms. The first-order chi connectivity index (χ1) is 19.3. The number of likely N-dealkylation sites (tertiary alicyclic amines) is 1. The first kappa shape index (κ1) is 27.1. The third-order valence-electron chi connectivity index (χ3n) is 7.51. The van der Waals surface area contributed by atoms with Gasteiger partial charge in [0.05, 0.1) is 11.7 Å². The minimum atomic E-state index is -0.896. The molecular weight excluding hydrogens is 504 g/mol. The molecule has 3 unspecified atom stereocenters. The van der Waals surface area contributed by atoms with E-state index in [9.17, 15) is 19.5 Å². The number of aryl methyl sites for hydroxylation is 1. The molecule has 2 N–H and O–H groups in total. The van der Waals surface area contributed by atoms with E-state index in [1.807, 2.05) is 96.5 Å². The molecule has 0 saturated carbocycles. The zero-order valence-corrected chi connectivity index (χ0v) is 22.7. The number of nitrogens with one attached hydrogen (secondary N) is 1. The second-order valence-electron chi connectivity index (χ2n) is 10.5. The largest absolute Gasteiger partial charge is 0.391 e. The number of fused-ring (bicyclic) bond motifs is 1. The zero-order chi connectivity index (χ0) is 28.2. The van der Waals surface area contributed by atoms with Crippen LogP contribution < -0.4 is 5.32 Å². The number of rotatable bonds is 8. The molecule has 0 radical (unpaired) electrons. The van der Waals surface area contributed by atoms with Crippen LogP contribution in [0.5, 0.6) is 0 Å². The van der Waals surface area contributed by atoms with Crippen LogP contribution in [-0.4, -0.2) is 69.0 Å². The van der Waals surface area contributed by atoms with Gasteiger partial charge in [-0.1, -0.05) is 78.9 Å². The highest BCUT2D eigenvalue weighted by atomic mass is 16.3. The summed E-state index contributed by atoms with van der Waals surface area (Å²) in [5, 5.41) is 14.2. The van der Waals surface area contributed by atoms with Crippen molar-refractivity contribution < 1.29 is 19.5 Å². The van der Waals surface area contributed by atoms with E-state index in [2.05, 4.69) is 5.32 Å². The molecule has 40 heavy (non-hydrogen) atoms. The molecular formula is C32H34N4O4. The molecule has 5 rings (SSSR count). The van der Waals surface area contributed by atoms with E-state index < -0.39 is 24.1 Å². The maximum atomic E-state index is 13.7. The number of carbonyl (C=O) groups is 3. The van der Waals surface area contributed by atoms with Crippen LogP contribution >= 0.6 is 0 Å². The Morgan fingerprint density at radius 1 is 0.950 bits per heavy atom. The van der Waals surface area contributed by atoms with Gasteiger partial charge in [-0.25, -0.2) is 0 Å². The van der Waals surface area contributed by atoms with E-state index in [-0.39, 0.29) is 24.8 Å². The van der Waals surface area contributed by atoms with Crippen LogP contribution in [0.1, 0.15) is 27.9 Å². The summed E-state index contributed by atoms with van der Waals surface area (Å²) in [4.78, 5) is 44.1. The van der Waals surface area contributed by atoms with Crippen molar-refractivity contribution in [1.82, 2.24) is 19.7 Å². The maximum absolute atomic E-state index is 13.7. The van der Waals surface area contributed by atoms with Crippen molar-refractivity contribution in [3.05, 3.63) is 108 Å². The molecule has 3 aromatic carbocycles. The van der Waals surface area contributed by atoms with Gasteiger partial charge in [0.25, 0.3) is 5.91 Å². The molecule has 1 fully saturated rings. The molecule has 8 nitrogen and oxygen atoms in total. The smallest absolute Gasteiger partial charge is 0.256 e. The molecule has 1 aromatic heterocycles. The topological polar surface area (TPSA) is 94.9 Å². The van der Waals surface area contributed by atoms with Crippen molar-refractivity contribution >= 4 is 28.6 Å². The van der Waals surface area contributed by atoms with Gasteiger partial charge < -0.3 is 24.8 Å². The lowest BCUT2D eigenvalue weighted by Gasteiger charge is -2.28. The number of aliphatic hydroxyl groups is 1. The predicted octanol–water partition coefficient (Wildman–Crippen LogP) is 3.14. The second kappa shape index (κ2) is 11.8. The number of aromatic nitrogens is 1. The number of para-hydroxylation sites is 1. The molecule has 0 bridgehead atoms. The Morgan fingerprint density at radius 2 is 1.57 bits per heavy atom. The summed E-state index contributed by atoms with van der Waals surface area (Å²) >= 11 is 0. The van der Waals surface area contributed by atoms with E-state index in [1.165, 1.54) is 4.90 Å². The third kappa shape index (κ3) is 5.77. The Morgan fingerprint density at radius 3 is 2.27 bits per heavy atom. The van der Waals surface area contributed by atoms with Crippen molar-refractivity contribution in [2.75, 3.05) is 13.6 Å². The second-order valence-corrected chi connectivity index (χ2v) is 10.5. The SMILES string of the molecule is CN(Cc1ccccc1)C(=O)C(Cc1ccccc1)NC(=O)C1CC(O)CN1C(=O)c1cn(C)c2ccccc12. The van der Waals surface area contributed by atoms with Gasteiger partial charge in [0.2, 0.25) is 11.8 Å². The number of hydrogen-bond acceptors (Lipinski definition) is 4. The Balaban J connectivity index is 1.37. The van der Waals surface area contributed by atoms with Crippen molar-refractivity contribution in [3.8, 4) is 0 Å². The Kier molecular flexibility index (Phi) is 7.98. The number of β-amino-alcohol motifs (C(OH)–C–C–N with tert-alkyl or cyclic N) is 1. The fourth-order valence-electron chi connectivity index (χ4n) is 5.47. The lowest BCUT2D eigenvalue weighted by molar-refractivity contribution is -0.136. The summed E-state index contributed by atoms with van der Waals surface area (Å²) in [5.41, 5.74) is 3.27. The average molecular weight is 539 g/mol. The molecule has 2 heterocycles. The lowest BCUT2D eigenvalue weighted by Crippen LogP contribution is -2.54. The normalized spacial score (nSPS) is 17.5. The van der Waals surface area contributed by atoms with Gasteiger partial charge in [0, 0.05) is 57.1 Å². The summed E-state index contributed by atoms with van der Waals surface area (Å²) in [6, 6.07) is 25.0. The molecule has 4 aromatic rings.